The number of hydrogen-bond acceptors (Lipinski definition) is 4. The van der Waals surface area contributed by atoms with E-state index < -0.39 is 12.2 Å². The Morgan fingerprint density at radius 2 is 1.57 bits per heavy atom. The second-order valence-corrected chi connectivity index (χ2v) is 8.37. The molecule has 0 spiro atoms. The topological polar surface area (TPSA) is 67.8 Å². The van der Waals surface area contributed by atoms with Crippen LogP contribution in [0.2, 0.25) is 0 Å². The third kappa shape index (κ3) is 4.76. The average molecular weight is 515 g/mol. The molecular formula is C24H22INO4. The number of halogens is 1. The first-order valence-electron chi connectivity index (χ1n) is 9.77. The van der Waals surface area contributed by atoms with Gasteiger partial charge in [-0.15, -0.1) is 0 Å². The summed E-state index contributed by atoms with van der Waals surface area (Å²) in [6, 6.07) is 23.9. The summed E-state index contributed by atoms with van der Waals surface area (Å²) in [6.07, 6.45) is -1.38. The molecule has 6 heteroatoms. The molecule has 1 atom stereocenters. The van der Waals surface area contributed by atoms with Gasteiger partial charge >= 0.3 is 6.09 Å². The lowest BCUT2D eigenvalue weighted by Crippen LogP contribution is -2.36. The number of rotatable bonds is 7. The SMILES string of the molecule is O=C(NCC(O)COc1ccc(I)cc1)OCC1c2ccccc2-c2ccccc21. The summed E-state index contributed by atoms with van der Waals surface area (Å²) in [5.74, 6) is 0.688. The Bertz CT molecular complexity index is 976. The third-order valence-electron chi connectivity index (χ3n) is 5.08. The van der Waals surface area contributed by atoms with Gasteiger partial charge in [-0.05, 0) is 69.1 Å². The minimum Gasteiger partial charge on any atom is -0.491 e. The number of hydrogen-bond donors (Lipinski definition) is 2. The third-order valence-corrected chi connectivity index (χ3v) is 5.80. The van der Waals surface area contributed by atoms with Gasteiger partial charge < -0.3 is 19.9 Å². The number of benzene rings is 3. The van der Waals surface area contributed by atoms with Gasteiger partial charge in [-0.25, -0.2) is 4.79 Å². The van der Waals surface area contributed by atoms with Gasteiger partial charge in [0, 0.05) is 9.49 Å². The Kier molecular flexibility index (Phi) is 6.54. The van der Waals surface area contributed by atoms with Gasteiger partial charge in [0.05, 0.1) is 6.54 Å². The molecule has 1 aliphatic carbocycles. The molecule has 1 unspecified atom stereocenters. The maximum Gasteiger partial charge on any atom is 0.407 e. The predicted octanol–water partition coefficient (Wildman–Crippen LogP) is 4.57. The van der Waals surface area contributed by atoms with E-state index in [1.54, 1.807) is 0 Å². The minimum absolute atomic E-state index is 0.0114. The number of alkyl carbamates (subject to hydrolysis) is 1. The standard InChI is InChI=1S/C24H22INO4/c25-16-9-11-18(12-10-16)29-14-17(27)13-26-24(28)30-15-23-21-7-3-1-5-19(21)20-6-2-4-8-22(20)23/h1-12,17,23,27H,13-15H2,(H,26,28). The number of carbonyl (C=O) groups excluding carboxylic acids is 1. The minimum atomic E-state index is -0.829. The molecule has 0 bridgehead atoms. The van der Waals surface area contributed by atoms with Crippen molar-refractivity contribution in [3.63, 3.8) is 0 Å². The fourth-order valence-electron chi connectivity index (χ4n) is 3.63. The van der Waals surface area contributed by atoms with Crippen molar-refractivity contribution in [2.24, 2.45) is 0 Å². The van der Waals surface area contributed by atoms with Crippen molar-refractivity contribution < 1.29 is 19.4 Å². The van der Waals surface area contributed by atoms with E-state index in [-0.39, 0.29) is 25.7 Å². The summed E-state index contributed by atoms with van der Waals surface area (Å²) in [5.41, 5.74) is 4.70. The zero-order valence-corrected chi connectivity index (χ0v) is 18.4. The van der Waals surface area contributed by atoms with Crippen LogP contribution in [0.15, 0.2) is 72.8 Å². The van der Waals surface area contributed by atoms with Crippen molar-refractivity contribution in [1.29, 1.82) is 0 Å². The maximum atomic E-state index is 12.2. The van der Waals surface area contributed by atoms with E-state index >= 15 is 0 Å². The first kappa shape index (κ1) is 20.7. The van der Waals surface area contributed by atoms with Gasteiger partial charge in [0.2, 0.25) is 0 Å². The lowest BCUT2D eigenvalue weighted by atomic mass is 9.98. The van der Waals surface area contributed by atoms with Crippen LogP contribution in [0.1, 0.15) is 17.0 Å². The molecule has 4 rings (SSSR count). The molecule has 1 amide bonds. The molecule has 154 valence electrons. The van der Waals surface area contributed by atoms with Crippen molar-refractivity contribution in [2.75, 3.05) is 19.8 Å². The molecule has 0 heterocycles. The van der Waals surface area contributed by atoms with Crippen LogP contribution in [0.25, 0.3) is 11.1 Å². The zero-order valence-electron chi connectivity index (χ0n) is 16.3. The maximum absolute atomic E-state index is 12.2. The van der Waals surface area contributed by atoms with Gasteiger partial charge in [0.15, 0.2) is 0 Å². The fraction of sp³-hybridized carbons (Fsp3) is 0.208. The van der Waals surface area contributed by atoms with Crippen molar-refractivity contribution in [3.8, 4) is 16.9 Å². The van der Waals surface area contributed by atoms with Crippen molar-refractivity contribution in [1.82, 2.24) is 5.32 Å². The molecule has 0 aliphatic heterocycles. The van der Waals surface area contributed by atoms with E-state index in [9.17, 15) is 9.90 Å². The number of nitrogens with one attached hydrogen (secondary N) is 1. The average Bonchev–Trinajstić information content (AvgIpc) is 3.09. The second kappa shape index (κ2) is 9.49. The highest BCUT2D eigenvalue weighted by Crippen LogP contribution is 2.44. The van der Waals surface area contributed by atoms with Crippen molar-refractivity contribution >= 4 is 28.7 Å². The van der Waals surface area contributed by atoms with Gasteiger partial charge in [-0.3, -0.25) is 0 Å². The number of amides is 1. The van der Waals surface area contributed by atoms with Crippen LogP contribution in [-0.2, 0) is 4.74 Å². The Labute approximate surface area is 189 Å². The van der Waals surface area contributed by atoms with E-state index in [4.69, 9.17) is 9.47 Å². The molecule has 0 fully saturated rings. The monoisotopic (exact) mass is 515 g/mol. The van der Waals surface area contributed by atoms with Crippen LogP contribution in [0.4, 0.5) is 4.79 Å². The molecule has 0 saturated carbocycles. The summed E-state index contributed by atoms with van der Waals surface area (Å²) in [5, 5.41) is 12.7. The van der Waals surface area contributed by atoms with E-state index in [0.717, 1.165) is 14.7 Å². The Morgan fingerprint density at radius 1 is 0.967 bits per heavy atom. The van der Waals surface area contributed by atoms with Gasteiger partial charge in [-0.2, -0.15) is 0 Å². The Balaban J connectivity index is 1.26. The first-order valence-corrected chi connectivity index (χ1v) is 10.8. The molecule has 3 aromatic carbocycles. The Morgan fingerprint density at radius 3 is 2.20 bits per heavy atom. The quantitative estimate of drug-likeness (QED) is 0.453. The lowest BCUT2D eigenvalue weighted by molar-refractivity contribution is 0.0974. The smallest absolute Gasteiger partial charge is 0.407 e. The van der Waals surface area contributed by atoms with E-state index in [2.05, 4.69) is 52.2 Å². The molecule has 2 N–H and O–H groups in total. The Hall–Kier alpha value is -2.58. The molecule has 5 nitrogen and oxygen atoms in total. The largest absolute Gasteiger partial charge is 0.491 e. The highest BCUT2D eigenvalue weighted by atomic mass is 127. The highest BCUT2D eigenvalue weighted by Gasteiger charge is 2.29. The van der Waals surface area contributed by atoms with Gasteiger partial charge in [0.25, 0.3) is 0 Å². The molecule has 1 aliphatic rings. The number of ether oxygens (including phenoxy) is 2. The summed E-state index contributed by atoms with van der Waals surface area (Å²) < 4.78 is 12.1. The number of carbonyl (C=O) groups is 1. The van der Waals surface area contributed by atoms with Crippen molar-refractivity contribution in [2.45, 2.75) is 12.0 Å². The van der Waals surface area contributed by atoms with Crippen molar-refractivity contribution in [3.05, 3.63) is 87.5 Å². The number of fused-ring (bicyclic) bond motifs is 3. The van der Waals surface area contributed by atoms with Crippen LogP contribution in [0.5, 0.6) is 5.75 Å². The molecule has 0 aromatic heterocycles. The number of aliphatic hydroxyl groups excluding tert-OH is 1. The normalized spacial score (nSPS) is 13.3. The summed E-state index contributed by atoms with van der Waals surface area (Å²) in [6.45, 7) is 0.389. The van der Waals surface area contributed by atoms with Gasteiger partial charge in [-0.1, -0.05) is 48.5 Å². The molecule has 3 aromatic rings. The molecular weight excluding hydrogens is 493 g/mol. The van der Waals surface area contributed by atoms with Crippen LogP contribution >= 0.6 is 22.6 Å². The van der Waals surface area contributed by atoms with E-state index in [0.29, 0.717) is 5.75 Å². The van der Waals surface area contributed by atoms with Crippen LogP contribution in [0, 0.1) is 3.57 Å². The van der Waals surface area contributed by atoms with Gasteiger partial charge in [0.1, 0.15) is 25.1 Å². The highest BCUT2D eigenvalue weighted by molar-refractivity contribution is 14.1. The molecule has 0 radical (unpaired) electrons. The molecule has 0 saturated heterocycles. The second-order valence-electron chi connectivity index (χ2n) is 7.13. The lowest BCUT2D eigenvalue weighted by Gasteiger charge is -2.16. The summed E-state index contributed by atoms with van der Waals surface area (Å²) in [7, 11) is 0. The van der Waals surface area contributed by atoms with E-state index in [1.165, 1.54) is 11.1 Å². The van der Waals surface area contributed by atoms with Crippen LogP contribution in [-0.4, -0.2) is 37.1 Å². The number of aliphatic hydroxyl groups is 1. The summed E-state index contributed by atoms with van der Waals surface area (Å²) >= 11 is 2.21. The van der Waals surface area contributed by atoms with E-state index in [1.807, 2.05) is 48.5 Å². The predicted molar refractivity (Wildman–Crippen MR) is 124 cm³/mol. The zero-order chi connectivity index (χ0) is 20.9. The van der Waals surface area contributed by atoms with Crippen LogP contribution < -0.4 is 10.1 Å². The fourth-order valence-corrected chi connectivity index (χ4v) is 3.99. The van der Waals surface area contributed by atoms with Crippen LogP contribution in [0.3, 0.4) is 0 Å². The first-order chi connectivity index (χ1) is 14.6. The summed E-state index contributed by atoms with van der Waals surface area (Å²) in [4.78, 5) is 12.2. The molecule has 30 heavy (non-hydrogen) atoms.